The molecule has 2 aromatic rings. The molecular weight excluding hydrogens is 296 g/mol. The lowest BCUT2D eigenvalue weighted by molar-refractivity contribution is 0.958. The Morgan fingerprint density at radius 1 is 1.00 bits per heavy atom. The van der Waals surface area contributed by atoms with E-state index in [2.05, 4.69) is 75.7 Å². The maximum absolute atomic E-state index is 4.30. The largest absolute Gasteiger partial charge is 0.124 e. The van der Waals surface area contributed by atoms with Gasteiger partial charge in [0.15, 0.2) is 0 Å². The fraction of sp³-hybridized carbons (Fsp3) is 0.273. The van der Waals surface area contributed by atoms with Crippen molar-refractivity contribution in [1.82, 2.24) is 0 Å². The highest BCUT2D eigenvalue weighted by Gasteiger charge is 2.24. The van der Waals surface area contributed by atoms with Gasteiger partial charge in [-0.3, -0.25) is 0 Å². The van der Waals surface area contributed by atoms with Gasteiger partial charge in [-0.1, -0.05) is 62.4 Å². The van der Waals surface area contributed by atoms with E-state index >= 15 is 0 Å². The molecule has 0 aliphatic carbocycles. The lowest BCUT2D eigenvalue weighted by Gasteiger charge is -2.27. The van der Waals surface area contributed by atoms with Crippen LogP contribution in [0, 0.1) is 26.7 Å². The molecule has 1 atom stereocenters. The van der Waals surface area contributed by atoms with Crippen LogP contribution in [0.1, 0.15) is 47.8 Å². The van der Waals surface area contributed by atoms with Gasteiger partial charge in [0.05, 0.1) is 0 Å². The number of terminal acetylenes is 1. The van der Waals surface area contributed by atoms with E-state index in [4.69, 9.17) is 0 Å². The molecule has 0 saturated carbocycles. The van der Waals surface area contributed by atoms with Gasteiger partial charge in [0.25, 0.3) is 0 Å². The first kappa shape index (κ1) is 19.1. The zero-order chi connectivity index (χ0) is 17.4. The number of allylic oxidation sites excluding steroid dienone is 1. The van der Waals surface area contributed by atoms with Crippen molar-refractivity contribution in [1.29, 1.82) is 0 Å². The van der Waals surface area contributed by atoms with Crippen molar-refractivity contribution in [3.8, 4) is 12.8 Å². The van der Waals surface area contributed by atoms with Crippen molar-refractivity contribution in [2.75, 3.05) is 0 Å². The normalized spacial score (nSPS) is 15.4. The van der Waals surface area contributed by atoms with Gasteiger partial charge in [-0.2, -0.15) is 0 Å². The molecule has 1 heteroatoms. The molecular formula is C22H26S. The average molecular weight is 323 g/mol. The van der Waals surface area contributed by atoms with Gasteiger partial charge in [0.1, 0.15) is 0 Å². The molecule has 1 unspecified atom stereocenters. The number of hydrogen-bond donors (Lipinski definition) is 0. The van der Waals surface area contributed by atoms with Crippen LogP contribution < -0.4 is 0 Å². The third kappa shape index (κ3) is 4.53. The van der Waals surface area contributed by atoms with Gasteiger partial charge in [-0.15, -0.1) is 24.6 Å². The minimum atomic E-state index is 0.502. The Balaban J connectivity index is 0.000000615. The SMILES string of the molecule is C#C.C=C1CC(c2ccc(C)cc2)Sc2cccc(C)c21.CC. The molecule has 23 heavy (non-hydrogen) atoms. The smallest absolute Gasteiger partial charge is 0.0385 e. The van der Waals surface area contributed by atoms with Gasteiger partial charge in [-0.05, 0) is 48.6 Å². The van der Waals surface area contributed by atoms with Gasteiger partial charge in [0, 0.05) is 10.1 Å². The highest BCUT2D eigenvalue weighted by molar-refractivity contribution is 7.99. The average Bonchev–Trinajstić information content (AvgIpc) is 2.59. The predicted octanol–water partition coefficient (Wildman–Crippen LogP) is 6.83. The molecule has 0 bridgehead atoms. The maximum atomic E-state index is 4.30. The first-order valence-electron chi connectivity index (χ1n) is 7.99. The first-order chi connectivity index (χ1) is 11.1. The molecule has 120 valence electrons. The summed E-state index contributed by atoms with van der Waals surface area (Å²) in [7, 11) is 0. The minimum Gasteiger partial charge on any atom is -0.124 e. The van der Waals surface area contributed by atoms with E-state index < -0.39 is 0 Å². The Labute approximate surface area is 146 Å². The van der Waals surface area contributed by atoms with Crippen LogP contribution in [0.5, 0.6) is 0 Å². The summed E-state index contributed by atoms with van der Waals surface area (Å²) in [5.74, 6) is 0. The first-order valence-corrected chi connectivity index (χ1v) is 8.87. The van der Waals surface area contributed by atoms with Crippen LogP contribution in [0.25, 0.3) is 5.57 Å². The molecule has 0 amide bonds. The third-order valence-corrected chi connectivity index (χ3v) is 5.06. The van der Waals surface area contributed by atoms with Gasteiger partial charge in [-0.25, -0.2) is 0 Å². The number of fused-ring (bicyclic) bond motifs is 1. The molecule has 1 aliphatic rings. The van der Waals surface area contributed by atoms with Crippen LogP contribution in [0.4, 0.5) is 0 Å². The van der Waals surface area contributed by atoms with Crippen molar-refractivity contribution in [3.05, 3.63) is 71.3 Å². The standard InChI is InChI=1S/C18H18S.C2H6.C2H2/c1-12-7-9-15(10-8-12)17-11-14(3)18-13(2)5-4-6-16(18)19-17;2*1-2/h4-10,17H,3,11H2,1-2H3;1-2H3;1-2H. The predicted molar refractivity (Wildman–Crippen MR) is 106 cm³/mol. The molecule has 0 aromatic heterocycles. The van der Waals surface area contributed by atoms with Crippen molar-refractivity contribution in [2.45, 2.75) is 44.3 Å². The zero-order valence-electron chi connectivity index (χ0n) is 14.6. The summed E-state index contributed by atoms with van der Waals surface area (Å²) in [6, 6.07) is 15.4. The van der Waals surface area contributed by atoms with Crippen LogP contribution >= 0.6 is 11.8 Å². The second-order valence-corrected chi connectivity index (χ2v) is 6.52. The summed E-state index contributed by atoms with van der Waals surface area (Å²) in [5, 5.41) is 0.502. The van der Waals surface area contributed by atoms with E-state index in [9.17, 15) is 0 Å². The zero-order valence-corrected chi connectivity index (χ0v) is 15.4. The van der Waals surface area contributed by atoms with Crippen molar-refractivity contribution < 1.29 is 0 Å². The van der Waals surface area contributed by atoms with E-state index in [1.165, 1.54) is 32.7 Å². The highest BCUT2D eigenvalue weighted by atomic mass is 32.2. The molecule has 1 aliphatic heterocycles. The van der Waals surface area contributed by atoms with Crippen molar-refractivity contribution in [3.63, 3.8) is 0 Å². The second-order valence-electron chi connectivity index (χ2n) is 5.27. The quantitative estimate of drug-likeness (QED) is 0.518. The summed E-state index contributed by atoms with van der Waals surface area (Å²) < 4.78 is 0. The van der Waals surface area contributed by atoms with E-state index in [0.717, 1.165) is 6.42 Å². The van der Waals surface area contributed by atoms with E-state index in [1.54, 1.807) is 0 Å². The summed E-state index contributed by atoms with van der Waals surface area (Å²) in [4.78, 5) is 1.38. The van der Waals surface area contributed by atoms with Crippen LogP contribution in [-0.4, -0.2) is 0 Å². The molecule has 0 nitrogen and oxygen atoms in total. The summed E-state index contributed by atoms with van der Waals surface area (Å²) in [6.07, 6.45) is 9.05. The molecule has 1 heterocycles. The molecule has 0 radical (unpaired) electrons. The Hall–Kier alpha value is -1.91. The monoisotopic (exact) mass is 322 g/mol. The third-order valence-electron chi connectivity index (χ3n) is 3.74. The van der Waals surface area contributed by atoms with E-state index in [1.807, 2.05) is 25.6 Å². The molecule has 0 N–H and O–H groups in total. The molecule has 2 aromatic carbocycles. The van der Waals surface area contributed by atoms with Crippen LogP contribution in [0.2, 0.25) is 0 Å². The Morgan fingerprint density at radius 2 is 1.61 bits per heavy atom. The minimum absolute atomic E-state index is 0.502. The Kier molecular flexibility index (Phi) is 7.72. The summed E-state index contributed by atoms with van der Waals surface area (Å²) >= 11 is 1.97. The summed E-state index contributed by atoms with van der Waals surface area (Å²) in [6.45, 7) is 12.6. The van der Waals surface area contributed by atoms with Crippen LogP contribution in [0.15, 0.2) is 53.9 Å². The highest BCUT2D eigenvalue weighted by Crippen LogP contribution is 2.49. The lowest BCUT2D eigenvalue weighted by atomic mass is 9.95. The number of rotatable bonds is 1. The fourth-order valence-electron chi connectivity index (χ4n) is 2.68. The summed E-state index contributed by atoms with van der Waals surface area (Å²) in [5.41, 5.74) is 6.72. The van der Waals surface area contributed by atoms with E-state index in [0.29, 0.717) is 5.25 Å². The van der Waals surface area contributed by atoms with Gasteiger partial charge < -0.3 is 0 Å². The fourth-order valence-corrected chi connectivity index (χ4v) is 4.14. The number of hydrogen-bond acceptors (Lipinski definition) is 1. The van der Waals surface area contributed by atoms with E-state index in [-0.39, 0.29) is 0 Å². The lowest BCUT2D eigenvalue weighted by Crippen LogP contribution is -2.04. The number of thioether (sulfide) groups is 1. The topological polar surface area (TPSA) is 0 Å². The second kappa shape index (κ2) is 9.28. The van der Waals surface area contributed by atoms with Crippen LogP contribution in [0.3, 0.4) is 0 Å². The number of aryl methyl sites for hydroxylation is 2. The molecule has 0 fully saturated rings. The number of benzene rings is 2. The van der Waals surface area contributed by atoms with Gasteiger partial charge in [0.2, 0.25) is 0 Å². The molecule has 0 saturated heterocycles. The van der Waals surface area contributed by atoms with Crippen LogP contribution in [-0.2, 0) is 0 Å². The van der Waals surface area contributed by atoms with Crippen molar-refractivity contribution >= 4 is 17.3 Å². The Morgan fingerprint density at radius 3 is 2.22 bits per heavy atom. The van der Waals surface area contributed by atoms with Crippen molar-refractivity contribution in [2.24, 2.45) is 0 Å². The maximum Gasteiger partial charge on any atom is 0.0385 e. The molecule has 3 rings (SSSR count). The Bertz CT molecular complexity index is 662. The van der Waals surface area contributed by atoms with Gasteiger partial charge >= 0.3 is 0 Å². The molecule has 0 spiro atoms.